The van der Waals surface area contributed by atoms with E-state index in [0.29, 0.717) is 0 Å². The van der Waals surface area contributed by atoms with Crippen molar-refractivity contribution in [2.24, 2.45) is 0 Å². The SMILES string of the molecule is Cc1c(CC(=O)N[C@@H]2C(O)OC(CO)[C@@H](O)C2O)c(=O)oc2c(F)c(O)c(F)cc12. The average molecular weight is 431 g/mol. The van der Waals surface area contributed by atoms with Gasteiger partial charge in [-0.1, -0.05) is 0 Å². The Balaban J connectivity index is 1.87. The molecule has 0 spiro atoms. The number of amides is 1. The second-order valence-electron chi connectivity index (χ2n) is 6.89. The highest BCUT2D eigenvalue weighted by Crippen LogP contribution is 2.30. The molecule has 3 unspecified atom stereocenters. The Bertz CT molecular complexity index is 1040. The van der Waals surface area contributed by atoms with E-state index in [0.717, 1.165) is 6.07 Å². The molecule has 0 bridgehead atoms. The van der Waals surface area contributed by atoms with Crippen LogP contribution in [0, 0.1) is 18.6 Å². The van der Waals surface area contributed by atoms with Crippen LogP contribution in [-0.2, 0) is 16.0 Å². The van der Waals surface area contributed by atoms with Gasteiger partial charge in [0.05, 0.1) is 18.6 Å². The lowest BCUT2D eigenvalue weighted by Crippen LogP contribution is -2.64. The molecule has 30 heavy (non-hydrogen) atoms. The first kappa shape index (κ1) is 22.1. The first-order chi connectivity index (χ1) is 14.1. The van der Waals surface area contributed by atoms with E-state index in [1.165, 1.54) is 6.92 Å². The highest BCUT2D eigenvalue weighted by Gasteiger charge is 2.44. The molecule has 1 aliphatic heterocycles. The molecule has 10 nitrogen and oxygen atoms in total. The number of nitrogens with one attached hydrogen (secondary N) is 1. The van der Waals surface area contributed by atoms with Crippen LogP contribution in [0.5, 0.6) is 5.75 Å². The Morgan fingerprint density at radius 2 is 1.90 bits per heavy atom. The summed E-state index contributed by atoms with van der Waals surface area (Å²) < 4.78 is 37.4. The van der Waals surface area contributed by atoms with Gasteiger partial charge in [-0.3, -0.25) is 4.79 Å². The van der Waals surface area contributed by atoms with Crippen LogP contribution in [0.25, 0.3) is 11.0 Å². The van der Waals surface area contributed by atoms with Gasteiger partial charge in [-0.25, -0.2) is 9.18 Å². The Morgan fingerprint density at radius 3 is 2.53 bits per heavy atom. The number of benzene rings is 1. The number of phenols is 1. The van der Waals surface area contributed by atoms with Gasteiger partial charge in [0.2, 0.25) is 11.7 Å². The van der Waals surface area contributed by atoms with Gasteiger partial charge in [0.25, 0.3) is 0 Å². The Hall–Kier alpha value is -2.64. The molecule has 5 atom stereocenters. The zero-order chi connectivity index (χ0) is 22.3. The molecular formula is C18H19F2NO9. The number of fused-ring (bicyclic) bond motifs is 1. The molecule has 1 aromatic heterocycles. The summed E-state index contributed by atoms with van der Waals surface area (Å²) in [7, 11) is 0. The van der Waals surface area contributed by atoms with E-state index in [-0.39, 0.29) is 16.5 Å². The van der Waals surface area contributed by atoms with Crippen molar-refractivity contribution in [1.82, 2.24) is 5.32 Å². The van der Waals surface area contributed by atoms with Crippen LogP contribution in [0.15, 0.2) is 15.3 Å². The number of aryl methyl sites for hydroxylation is 1. The van der Waals surface area contributed by atoms with Crippen LogP contribution >= 0.6 is 0 Å². The number of aliphatic hydroxyl groups excluding tert-OH is 4. The molecule has 0 aliphatic carbocycles. The summed E-state index contributed by atoms with van der Waals surface area (Å²) in [6.07, 6.45) is -6.96. The number of aromatic hydroxyl groups is 1. The first-order valence-corrected chi connectivity index (χ1v) is 8.80. The topological polar surface area (TPSA) is 170 Å². The van der Waals surface area contributed by atoms with E-state index < -0.39 is 78.2 Å². The van der Waals surface area contributed by atoms with Gasteiger partial charge in [-0.2, -0.15) is 4.39 Å². The maximum absolute atomic E-state index is 14.0. The second kappa shape index (κ2) is 8.24. The lowest BCUT2D eigenvalue weighted by Gasteiger charge is -2.40. The molecule has 0 radical (unpaired) electrons. The van der Waals surface area contributed by atoms with Gasteiger partial charge in [-0.05, 0) is 18.6 Å². The van der Waals surface area contributed by atoms with Crippen molar-refractivity contribution in [1.29, 1.82) is 0 Å². The molecule has 1 saturated heterocycles. The summed E-state index contributed by atoms with van der Waals surface area (Å²) >= 11 is 0. The molecule has 1 aliphatic rings. The van der Waals surface area contributed by atoms with Crippen LogP contribution in [0.3, 0.4) is 0 Å². The highest BCUT2D eigenvalue weighted by molar-refractivity contribution is 5.86. The number of aliphatic hydroxyl groups is 4. The summed E-state index contributed by atoms with van der Waals surface area (Å²) in [6, 6.07) is -0.726. The van der Waals surface area contributed by atoms with Crippen molar-refractivity contribution < 1.29 is 48.3 Å². The third-order valence-corrected chi connectivity index (χ3v) is 5.01. The lowest BCUT2D eigenvalue weighted by molar-refractivity contribution is -0.253. The van der Waals surface area contributed by atoms with Crippen LogP contribution in [-0.4, -0.2) is 68.7 Å². The van der Waals surface area contributed by atoms with E-state index in [2.05, 4.69) is 5.32 Å². The minimum absolute atomic E-state index is 0.0237. The molecule has 0 saturated carbocycles. The molecule has 1 aromatic carbocycles. The van der Waals surface area contributed by atoms with E-state index in [1.807, 2.05) is 0 Å². The summed E-state index contributed by atoms with van der Waals surface area (Å²) in [4.78, 5) is 24.6. The quantitative estimate of drug-likeness (QED) is 0.317. The molecule has 3 rings (SSSR count). The van der Waals surface area contributed by atoms with E-state index in [9.17, 15) is 38.8 Å². The number of ether oxygens (including phenoxy) is 1. The maximum atomic E-state index is 14.0. The number of hydrogen-bond donors (Lipinski definition) is 6. The molecular weight excluding hydrogens is 412 g/mol. The van der Waals surface area contributed by atoms with Crippen molar-refractivity contribution >= 4 is 16.9 Å². The molecule has 1 amide bonds. The van der Waals surface area contributed by atoms with Gasteiger partial charge < -0.3 is 40.0 Å². The monoisotopic (exact) mass is 431 g/mol. The minimum atomic E-state index is -1.76. The number of phenolic OH excluding ortho intramolecular Hbond substituents is 1. The normalized spacial score (nSPS) is 26.7. The third kappa shape index (κ3) is 3.75. The lowest BCUT2D eigenvalue weighted by atomic mass is 9.96. The predicted octanol–water partition coefficient (Wildman–Crippen LogP) is -1.46. The fourth-order valence-corrected chi connectivity index (χ4v) is 3.29. The average Bonchev–Trinajstić information content (AvgIpc) is 2.70. The fraction of sp³-hybridized carbons (Fsp3) is 0.444. The maximum Gasteiger partial charge on any atom is 0.340 e. The highest BCUT2D eigenvalue weighted by atomic mass is 19.1. The molecule has 2 aromatic rings. The van der Waals surface area contributed by atoms with Gasteiger partial charge in [0, 0.05) is 5.39 Å². The van der Waals surface area contributed by atoms with E-state index in [1.54, 1.807) is 0 Å². The first-order valence-electron chi connectivity index (χ1n) is 8.80. The van der Waals surface area contributed by atoms with Crippen LogP contribution in [0.1, 0.15) is 11.1 Å². The number of halogens is 2. The van der Waals surface area contributed by atoms with Crippen molar-refractivity contribution in [2.45, 2.75) is 44.0 Å². The number of hydrogen-bond acceptors (Lipinski definition) is 9. The standard InChI is InChI=1S/C18H19F2NO9/c1-5-6-2-8(19)13(24)11(20)16(6)30-17(27)7(5)3-10(23)21-12-15(26)14(25)9(4-22)29-18(12)28/h2,9,12,14-15,18,22,24-26,28H,3-4H2,1H3,(H,21,23)/t9?,12-,14+,15?,18?/m0/s1. The van der Waals surface area contributed by atoms with Crippen molar-refractivity contribution in [3.05, 3.63) is 39.2 Å². The zero-order valence-corrected chi connectivity index (χ0v) is 15.5. The van der Waals surface area contributed by atoms with Gasteiger partial charge in [0.1, 0.15) is 24.4 Å². The smallest absolute Gasteiger partial charge is 0.340 e. The largest absolute Gasteiger partial charge is 0.503 e. The second-order valence-corrected chi connectivity index (χ2v) is 6.89. The summed E-state index contributed by atoms with van der Waals surface area (Å²) in [6.45, 7) is 0.636. The zero-order valence-electron chi connectivity index (χ0n) is 15.5. The van der Waals surface area contributed by atoms with E-state index in [4.69, 9.17) is 14.3 Å². The summed E-state index contributed by atoms with van der Waals surface area (Å²) in [5, 5.41) is 50.2. The predicted molar refractivity (Wildman–Crippen MR) is 94.4 cm³/mol. The molecule has 2 heterocycles. The molecule has 1 fully saturated rings. The number of carbonyl (C=O) groups excluding carboxylic acids is 1. The van der Waals surface area contributed by atoms with Gasteiger partial charge >= 0.3 is 5.63 Å². The Labute approximate surface area is 166 Å². The van der Waals surface area contributed by atoms with E-state index >= 15 is 0 Å². The van der Waals surface area contributed by atoms with Crippen LogP contribution in [0.4, 0.5) is 8.78 Å². The van der Waals surface area contributed by atoms with Crippen LogP contribution in [0.2, 0.25) is 0 Å². The van der Waals surface area contributed by atoms with Crippen LogP contribution < -0.4 is 10.9 Å². The molecule has 164 valence electrons. The Kier molecular flexibility index (Phi) is 6.06. The fourth-order valence-electron chi connectivity index (χ4n) is 3.29. The number of rotatable bonds is 4. The Morgan fingerprint density at radius 1 is 1.23 bits per heavy atom. The summed E-state index contributed by atoms with van der Waals surface area (Å²) in [5.74, 6) is -4.95. The van der Waals surface area contributed by atoms with Gasteiger partial charge in [-0.15, -0.1) is 0 Å². The van der Waals surface area contributed by atoms with Gasteiger partial charge in [0.15, 0.2) is 23.4 Å². The van der Waals surface area contributed by atoms with Crippen molar-refractivity contribution in [3.63, 3.8) is 0 Å². The number of carbonyl (C=O) groups is 1. The minimum Gasteiger partial charge on any atom is -0.503 e. The van der Waals surface area contributed by atoms with Crippen molar-refractivity contribution in [2.75, 3.05) is 6.61 Å². The third-order valence-electron chi connectivity index (χ3n) is 5.01. The van der Waals surface area contributed by atoms with Crippen molar-refractivity contribution in [3.8, 4) is 5.75 Å². The molecule has 6 N–H and O–H groups in total. The summed E-state index contributed by atoms with van der Waals surface area (Å²) in [5.41, 5.74) is -2.01. The molecule has 12 heteroatoms.